The first-order valence-electron chi connectivity index (χ1n) is 6.31. The van der Waals surface area contributed by atoms with Gasteiger partial charge in [0.25, 0.3) is 0 Å². The Balaban J connectivity index is 2.00. The van der Waals surface area contributed by atoms with Gasteiger partial charge >= 0.3 is 12.0 Å². The molecule has 1 aliphatic heterocycles. The van der Waals surface area contributed by atoms with Crippen LogP contribution < -0.4 is 5.32 Å². The van der Waals surface area contributed by atoms with Crippen LogP contribution in [-0.4, -0.2) is 54.9 Å². The van der Waals surface area contributed by atoms with Crippen molar-refractivity contribution >= 4 is 12.0 Å². The number of carbonyl (C=O) groups is 2. The number of carbonyl (C=O) groups excluding carboxylic acids is 1. The Morgan fingerprint density at radius 1 is 1.44 bits per heavy atom. The van der Waals surface area contributed by atoms with Gasteiger partial charge in [-0.1, -0.05) is 13.8 Å². The van der Waals surface area contributed by atoms with Gasteiger partial charge in [-0.25, -0.2) is 4.79 Å². The standard InChI is InChI=1S/C12H22N2O4/c1-9(2)8-18-4-3-13-12(17)14-6-10(7-14)5-11(15)16/h9-10H,3-8H2,1-2H3,(H,13,17)(H,15,16). The van der Waals surface area contributed by atoms with Crippen molar-refractivity contribution in [2.24, 2.45) is 11.8 Å². The third-order valence-corrected chi connectivity index (χ3v) is 2.68. The molecule has 0 aromatic rings. The van der Waals surface area contributed by atoms with Crippen molar-refractivity contribution in [3.05, 3.63) is 0 Å². The molecule has 6 nitrogen and oxygen atoms in total. The highest BCUT2D eigenvalue weighted by Gasteiger charge is 2.31. The maximum absolute atomic E-state index is 11.6. The number of nitrogens with zero attached hydrogens (tertiary/aromatic N) is 1. The first-order valence-corrected chi connectivity index (χ1v) is 6.31. The predicted molar refractivity (Wildman–Crippen MR) is 66.4 cm³/mol. The van der Waals surface area contributed by atoms with Crippen molar-refractivity contribution in [1.82, 2.24) is 10.2 Å². The molecule has 1 heterocycles. The number of carboxylic acid groups (broad SMARTS) is 1. The molecule has 0 aromatic heterocycles. The molecular formula is C12H22N2O4. The first kappa shape index (κ1) is 14.8. The zero-order valence-corrected chi connectivity index (χ0v) is 11.0. The Labute approximate surface area is 107 Å². The lowest BCUT2D eigenvalue weighted by molar-refractivity contribution is -0.139. The van der Waals surface area contributed by atoms with Gasteiger partial charge in [0.2, 0.25) is 0 Å². The van der Waals surface area contributed by atoms with Gasteiger partial charge in [0, 0.05) is 32.2 Å². The molecule has 1 fully saturated rings. The predicted octanol–water partition coefficient (Wildman–Crippen LogP) is 0.775. The van der Waals surface area contributed by atoms with Crippen molar-refractivity contribution < 1.29 is 19.4 Å². The molecule has 2 N–H and O–H groups in total. The SMILES string of the molecule is CC(C)COCCNC(=O)N1CC(CC(=O)O)C1. The van der Waals surface area contributed by atoms with Crippen LogP contribution >= 0.6 is 0 Å². The van der Waals surface area contributed by atoms with Gasteiger partial charge < -0.3 is 20.1 Å². The van der Waals surface area contributed by atoms with Crippen LogP contribution in [0.2, 0.25) is 0 Å². The molecule has 0 aliphatic carbocycles. The third-order valence-electron chi connectivity index (χ3n) is 2.68. The van der Waals surface area contributed by atoms with E-state index in [1.54, 1.807) is 4.90 Å². The summed E-state index contributed by atoms with van der Waals surface area (Å²) in [5, 5.41) is 11.3. The fourth-order valence-corrected chi connectivity index (χ4v) is 1.77. The van der Waals surface area contributed by atoms with Crippen LogP contribution in [0.15, 0.2) is 0 Å². The van der Waals surface area contributed by atoms with Crippen LogP contribution in [0.1, 0.15) is 20.3 Å². The quantitative estimate of drug-likeness (QED) is 0.661. The van der Waals surface area contributed by atoms with E-state index < -0.39 is 5.97 Å². The normalized spacial score (nSPS) is 15.6. The van der Waals surface area contributed by atoms with Crippen molar-refractivity contribution in [2.45, 2.75) is 20.3 Å². The summed E-state index contributed by atoms with van der Waals surface area (Å²) in [4.78, 5) is 23.6. The van der Waals surface area contributed by atoms with Crippen LogP contribution in [0.25, 0.3) is 0 Å². The molecule has 104 valence electrons. The lowest BCUT2D eigenvalue weighted by Crippen LogP contribution is -2.54. The Bertz CT molecular complexity index is 288. The molecular weight excluding hydrogens is 236 g/mol. The van der Waals surface area contributed by atoms with E-state index in [9.17, 15) is 9.59 Å². The summed E-state index contributed by atoms with van der Waals surface area (Å²) < 4.78 is 5.34. The van der Waals surface area contributed by atoms with Crippen molar-refractivity contribution in [1.29, 1.82) is 0 Å². The Morgan fingerprint density at radius 2 is 2.11 bits per heavy atom. The molecule has 2 amide bonds. The number of urea groups is 1. The van der Waals surface area contributed by atoms with Gasteiger partial charge in [-0.15, -0.1) is 0 Å². The van der Waals surface area contributed by atoms with Crippen molar-refractivity contribution in [3.63, 3.8) is 0 Å². The summed E-state index contributed by atoms with van der Waals surface area (Å²) in [6.45, 7) is 6.90. The number of amides is 2. The van der Waals surface area contributed by atoms with Crippen LogP contribution in [0.3, 0.4) is 0 Å². The Hall–Kier alpha value is -1.30. The van der Waals surface area contributed by atoms with E-state index in [0.717, 1.165) is 0 Å². The molecule has 0 bridgehead atoms. The second-order valence-corrected chi connectivity index (χ2v) is 5.07. The largest absolute Gasteiger partial charge is 0.481 e. The summed E-state index contributed by atoms with van der Waals surface area (Å²) in [5.74, 6) is -0.208. The zero-order chi connectivity index (χ0) is 13.5. The second kappa shape index (κ2) is 7.20. The number of carboxylic acids is 1. The van der Waals surface area contributed by atoms with Gasteiger partial charge in [-0.3, -0.25) is 4.79 Å². The van der Waals surface area contributed by atoms with E-state index in [-0.39, 0.29) is 18.4 Å². The molecule has 0 atom stereocenters. The van der Waals surface area contributed by atoms with Gasteiger partial charge in [-0.05, 0) is 5.92 Å². The highest BCUT2D eigenvalue weighted by atomic mass is 16.5. The summed E-state index contributed by atoms with van der Waals surface area (Å²) in [5.41, 5.74) is 0. The summed E-state index contributed by atoms with van der Waals surface area (Å²) in [6.07, 6.45) is 0.140. The van der Waals surface area contributed by atoms with Crippen molar-refractivity contribution in [3.8, 4) is 0 Å². The average molecular weight is 258 g/mol. The van der Waals surface area contributed by atoms with Crippen LogP contribution in [0, 0.1) is 11.8 Å². The molecule has 6 heteroatoms. The minimum absolute atomic E-state index is 0.102. The number of ether oxygens (including phenoxy) is 1. The molecule has 1 aliphatic rings. The fraction of sp³-hybridized carbons (Fsp3) is 0.833. The number of likely N-dealkylation sites (tertiary alicyclic amines) is 1. The minimum Gasteiger partial charge on any atom is -0.481 e. The third kappa shape index (κ3) is 5.35. The fourth-order valence-electron chi connectivity index (χ4n) is 1.77. The van der Waals surface area contributed by atoms with E-state index in [0.29, 0.717) is 38.8 Å². The summed E-state index contributed by atoms with van der Waals surface area (Å²) >= 11 is 0. The smallest absolute Gasteiger partial charge is 0.317 e. The van der Waals surface area contributed by atoms with E-state index in [1.807, 2.05) is 0 Å². The maximum atomic E-state index is 11.6. The van der Waals surface area contributed by atoms with E-state index in [4.69, 9.17) is 9.84 Å². The molecule has 0 unspecified atom stereocenters. The first-order chi connectivity index (χ1) is 8.49. The number of hydrogen-bond acceptors (Lipinski definition) is 3. The number of rotatable bonds is 7. The molecule has 0 spiro atoms. The van der Waals surface area contributed by atoms with E-state index in [2.05, 4.69) is 19.2 Å². The average Bonchev–Trinajstić information content (AvgIpc) is 2.21. The number of hydrogen-bond donors (Lipinski definition) is 2. The Morgan fingerprint density at radius 3 is 2.67 bits per heavy atom. The van der Waals surface area contributed by atoms with Gasteiger partial charge in [0.15, 0.2) is 0 Å². The molecule has 0 aromatic carbocycles. The Kier molecular flexibility index (Phi) is 5.91. The summed E-state index contributed by atoms with van der Waals surface area (Å²) in [6, 6.07) is -0.134. The number of aliphatic carboxylic acids is 1. The van der Waals surface area contributed by atoms with Crippen LogP contribution in [-0.2, 0) is 9.53 Å². The van der Waals surface area contributed by atoms with Crippen LogP contribution in [0.4, 0.5) is 4.79 Å². The van der Waals surface area contributed by atoms with Gasteiger partial charge in [-0.2, -0.15) is 0 Å². The molecule has 1 rings (SSSR count). The van der Waals surface area contributed by atoms with E-state index in [1.165, 1.54) is 0 Å². The molecule has 18 heavy (non-hydrogen) atoms. The maximum Gasteiger partial charge on any atom is 0.317 e. The molecule has 0 radical (unpaired) electrons. The second-order valence-electron chi connectivity index (χ2n) is 5.07. The summed E-state index contributed by atoms with van der Waals surface area (Å²) in [7, 11) is 0. The lowest BCUT2D eigenvalue weighted by atomic mass is 9.97. The molecule has 1 saturated heterocycles. The monoisotopic (exact) mass is 258 g/mol. The minimum atomic E-state index is -0.804. The van der Waals surface area contributed by atoms with Gasteiger partial charge in [0.1, 0.15) is 0 Å². The highest BCUT2D eigenvalue weighted by Crippen LogP contribution is 2.18. The van der Waals surface area contributed by atoms with Crippen LogP contribution in [0.5, 0.6) is 0 Å². The number of nitrogens with one attached hydrogen (secondary N) is 1. The van der Waals surface area contributed by atoms with Crippen molar-refractivity contribution in [2.75, 3.05) is 32.8 Å². The topological polar surface area (TPSA) is 78.9 Å². The highest BCUT2D eigenvalue weighted by molar-refractivity contribution is 5.75. The molecule has 0 saturated carbocycles. The lowest BCUT2D eigenvalue weighted by Gasteiger charge is -2.38. The van der Waals surface area contributed by atoms with Gasteiger partial charge in [0.05, 0.1) is 13.0 Å². The van der Waals surface area contributed by atoms with E-state index >= 15 is 0 Å². The zero-order valence-electron chi connectivity index (χ0n) is 11.0.